The van der Waals surface area contributed by atoms with Crippen LogP contribution in [0.3, 0.4) is 0 Å². The number of alkyl carbamates (subject to hydrolysis) is 1. The highest BCUT2D eigenvalue weighted by Gasteiger charge is 2.52. The van der Waals surface area contributed by atoms with E-state index in [-0.39, 0.29) is 18.5 Å². The van der Waals surface area contributed by atoms with Crippen molar-refractivity contribution >= 4 is 27.9 Å². The van der Waals surface area contributed by atoms with Crippen LogP contribution in [0.15, 0.2) is 0 Å². The zero-order valence-corrected chi connectivity index (χ0v) is 20.8. The van der Waals surface area contributed by atoms with Crippen molar-refractivity contribution in [3.05, 3.63) is 0 Å². The molecule has 0 bridgehead atoms. The summed E-state index contributed by atoms with van der Waals surface area (Å²) >= 11 is 0. The predicted molar refractivity (Wildman–Crippen MR) is 121 cm³/mol. The molecule has 2 heterocycles. The fourth-order valence-corrected chi connectivity index (χ4v) is 7.06. The number of ether oxygens (including phenoxy) is 2. The smallest absolute Gasteiger partial charge is 0.408 e. The fourth-order valence-electron chi connectivity index (χ4n) is 5.30. The molecule has 1 saturated carbocycles. The number of Topliss-reactive ketones (excluding diaryl/α,β-unsaturated/α-hetero) is 1. The van der Waals surface area contributed by atoms with Gasteiger partial charge in [0.1, 0.15) is 11.4 Å². The average Bonchev–Trinajstić information content (AvgIpc) is 3.32. The number of carbonyl (C=O) groups excluding carboxylic acids is 3. The number of hydrogen-bond donors (Lipinski definition) is 2. The van der Waals surface area contributed by atoms with Crippen LogP contribution in [0, 0.1) is 11.8 Å². The second-order valence-corrected chi connectivity index (χ2v) is 12.2. The monoisotopic (exact) mass is 487 g/mol. The molecule has 0 aromatic carbocycles. The molecule has 10 nitrogen and oxygen atoms in total. The molecule has 2 N–H and O–H groups in total. The minimum Gasteiger partial charge on any atom is -0.469 e. The van der Waals surface area contributed by atoms with Gasteiger partial charge in [-0.25, -0.2) is 13.2 Å². The zero-order valence-electron chi connectivity index (χ0n) is 20.0. The lowest BCUT2D eigenvalue weighted by atomic mass is 9.82. The van der Waals surface area contributed by atoms with E-state index in [2.05, 4.69) is 10.6 Å². The van der Waals surface area contributed by atoms with Gasteiger partial charge in [0.05, 0.1) is 25.1 Å². The van der Waals surface area contributed by atoms with Crippen molar-refractivity contribution in [3.63, 3.8) is 0 Å². The van der Waals surface area contributed by atoms with Gasteiger partial charge in [-0.15, -0.1) is 0 Å². The quantitative estimate of drug-likeness (QED) is 0.512. The number of nitrogens with zero attached hydrogens (tertiary/aromatic N) is 1. The highest BCUT2D eigenvalue weighted by Crippen LogP contribution is 2.33. The van der Waals surface area contributed by atoms with E-state index in [4.69, 9.17) is 9.47 Å². The number of ketones is 1. The van der Waals surface area contributed by atoms with E-state index in [1.807, 2.05) is 0 Å². The van der Waals surface area contributed by atoms with E-state index in [1.54, 1.807) is 20.8 Å². The summed E-state index contributed by atoms with van der Waals surface area (Å²) in [6.07, 6.45) is 4.24. The molecule has 3 aliphatic rings. The second kappa shape index (κ2) is 10.3. The first kappa shape index (κ1) is 25.9. The first-order valence-corrected chi connectivity index (χ1v) is 13.4. The van der Waals surface area contributed by atoms with Crippen LogP contribution >= 0.6 is 0 Å². The SMILES string of the molecule is COC(=O)C1CNC2CCN(S(=O)(=O)CC(=O)C(NC(=O)OC(C)(C)C)C3CCCCC3)C21. The molecule has 4 atom stereocenters. The van der Waals surface area contributed by atoms with Crippen LogP contribution in [0.4, 0.5) is 4.79 Å². The lowest BCUT2D eigenvalue weighted by Gasteiger charge is -2.32. The molecule has 1 amide bonds. The number of hydrogen-bond acceptors (Lipinski definition) is 8. The summed E-state index contributed by atoms with van der Waals surface area (Å²) in [6.45, 7) is 5.76. The van der Waals surface area contributed by atoms with Gasteiger partial charge in [-0.2, -0.15) is 4.31 Å². The molecule has 4 unspecified atom stereocenters. The lowest BCUT2D eigenvalue weighted by Crippen LogP contribution is -2.52. The summed E-state index contributed by atoms with van der Waals surface area (Å²) in [5.74, 6) is -2.47. The molecular formula is C22H37N3O7S. The molecule has 0 aromatic heterocycles. The van der Waals surface area contributed by atoms with Gasteiger partial charge in [0.25, 0.3) is 0 Å². The third-order valence-corrected chi connectivity index (χ3v) is 8.53. The van der Waals surface area contributed by atoms with Crippen LogP contribution in [-0.2, 0) is 29.1 Å². The first-order chi connectivity index (χ1) is 15.4. The van der Waals surface area contributed by atoms with Crippen molar-refractivity contribution in [3.8, 4) is 0 Å². The summed E-state index contributed by atoms with van der Waals surface area (Å²) in [5, 5.41) is 5.85. The van der Waals surface area contributed by atoms with Crippen molar-refractivity contribution in [2.24, 2.45) is 11.8 Å². The van der Waals surface area contributed by atoms with E-state index in [0.717, 1.165) is 32.1 Å². The molecule has 0 spiro atoms. The number of methoxy groups -OCH3 is 1. The van der Waals surface area contributed by atoms with Crippen LogP contribution in [0.5, 0.6) is 0 Å². The molecule has 3 fully saturated rings. The van der Waals surface area contributed by atoms with Gasteiger partial charge in [0.15, 0.2) is 5.78 Å². The van der Waals surface area contributed by atoms with Crippen molar-refractivity contribution in [1.82, 2.24) is 14.9 Å². The van der Waals surface area contributed by atoms with Crippen molar-refractivity contribution < 1.29 is 32.3 Å². The Kier molecular flexibility index (Phi) is 8.06. The topological polar surface area (TPSA) is 131 Å². The number of esters is 1. The maximum Gasteiger partial charge on any atom is 0.408 e. The molecule has 2 saturated heterocycles. The molecular weight excluding hydrogens is 450 g/mol. The highest BCUT2D eigenvalue weighted by atomic mass is 32.2. The van der Waals surface area contributed by atoms with Crippen molar-refractivity contribution in [2.75, 3.05) is 26.0 Å². The van der Waals surface area contributed by atoms with Gasteiger partial charge in [0.2, 0.25) is 10.0 Å². The first-order valence-electron chi connectivity index (χ1n) is 11.8. The number of sulfonamides is 1. The molecule has 33 heavy (non-hydrogen) atoms. The number of nitrogens with one attached hydrogen (secondary N) is 2. The molecule has 188 valence electrons. The Labute approximate surface area is 196 Å². The Bertz CT molecular complexity index is 849. The molecule has 3 rings (SSSR count). The van der Waals surface area contributed by atoms with Gasteiger partial charge < -0.3 is 20.1 Å². The predicted octanol–water partition coefficient (Wildman–Crippen LogP) is 1.19. The Balaban J connectivity index is 1.75. The fraction of sp³-hybridized carbons (Fsp3) is 0.864. The van der Waals surface area contributed by atoms with E-state index in [0.29, 0.717) is 13.0 Å². The molecule has 1 aliphatic carbocycles. The van der Waals surface area contributed by atoms with E-state index in [9.17, 15) is 22.8 Å². The molecule has 0 radical (unpaired) electrons. The van der Waals surface area contributed by atoms with Gasteiger partial charge in [0, 0.05) is 19.1 Å². The van der Waals surface area contributed by atoms with Gasteiger partial charge >= 0.3 is 12.1 Å². The summed E-state index contributed by atoms with van der Waals surface area (Å²) in [5.41, 5.74) is -0.737. The summed E-state index contributed by atoms with van der Waals surface area (Å²) in [6, 6.07) is -1.64. The summed E-state index contributed by atoms with van der Waals surface area (Å²) in [7, 11) is -2.72. The summed E-state index contributed by atoms with van der Waals surface area (Å²) < 4.78 is 38.1. The average molecular weight is 488 g/mol. The minimum atomic E-state index is -4.00. The van der Waals surface area contributed by atoms with Gasteiger partial charge in [-0.3, -0.25) is 9.59 Å². The van der Waals surface area contributed by atoms with Gasteiger partial charge in [-0.05, 0) is 46.0 Å². The Hall–Kier alpha value is -1.72. The molecule has 11 heteroatoms. The van der Waals surface area contributed by atoms with Crippen LogP contribution in [-0.4, -0.2) is 80.2 Å². The Morgan fingerprint density at radius 1 is 1.12 bits per heavy atom. The van der Waals surface area contributed by atoms with Crippen LogP contribution < -0.4 is 10.6 Å². The van der Waals surface area contributed by atoms with E-state index in [1.165, 1.54) is 11.4 Å². The minimum absolute atomic E-state index is 0.128. The standard InChI is InChI=1S/C22H37N3O7S/c1-22(2,3)32-21(28)24-18(14-8-6-5-7-9-14)17(26)13-33(29,30)25-11-10-16-19(25)15(12-23-16)20(27)31-4/h14-16,18-19,23H,5-13H2,1-4H3,(H,24,28). The highest BCUT2D eigenvalue weighted by molar-refractivity contribution is 7.89. The second-order valence-electron chi connectivity index (χ2n) is 10.3. The number of amides is 1. The van der Waals surface area contributed by atoms with E-state index >= 15 is 0 Å². The third kappa shape index (κ3) is 6.24. The van der Waals surface area contributed by atoms with Crippen molar-refractivity contribution in [2.45, 2.75) is 83.0 Å². The van der Waals surface area contributed by atoms with Crippen LogP contribution in [0.1, 0.15) is 59.3 Å². The third-order valence-electron chi connectivity index (χ3n) is 6.74. The normalized spacial score (nSPS) is 27.6. The Morgan fingerprint density at radius 2 is 1.79 bits per heavy atom. The molecule has 2 aliphatic heterocycles. The van der Waals surface area contributed by atoms with E-state index < -0.39 is 57.2 Å². The summed E-state index contributed by atoms with van der Waals surface area (Å²) in [4.78, 5) is 37.9. The van der Waals surface area contributed by atoms with Gasteiger partial charge in [-0.1, -0.05) is 19.3 Å². The number of fused-ring (bicyclic) bond motifs is 1. The lowest BCUT2D eigenvalue weighted by molar-refractivity contribution is -0.145. The largest absolute Gasteiger partial charge is 0.469 e. The zero-order chi connectivity index (χ0) is 24.4. The number of rotatable bonds is 7. The van der Waals surface area contributed by atoms with Crippen molar-refractivity contribution in [1.29, 1.82) is 0 Å². The molecule has 0 aromatic rings. The van der Waals surface area contributed by atoms with Crippen LogP contribution in [0.25, 0.3) is 0 Å². The maximum atomic E-state index is 13.3. The Morgan fingerprint density at radius 3 is 2.39 bits per heavy atom. The van der Waals surface area contributed by atoms with Crippen LogP contribution in [0.2, 0.25) is 0 Å². The number of carbonyl (C=O) groups is 3. The maximum absolute atomic E-state index is 13.3.